The summed E-state index contributed by atoms with van der Waals surface area (Å²) in [4.78, 5) is 4.17. The molecule has 0 amide bonds. The average Bonchev–Trinajstić information content (AvgIpc) is 2.89. The predicted molar refractivity (Wildman–Crippen MR) is 103 cm³/mol. The highest BCUT2D eigenvalue weighted by molar-refractivity contribution is 7.90. The van der Waals surface area contributed by atoms with Crippen molar-refractivity contribution in [1.82, 2.24) is 8.96 Å². The molecule has 2 N–H and O–H groups in total. The molecule has 2 atom stereocenters. The van der Waals surface area contributed by atoms with Gasteiger partial charge in [-0.2, -0.15) is 0 Å². The lowest BCUT2D eigenvalue weighted by atomic mass is 9.89. The van der Waals surface area contributed by atoms with Crippen LogP contribution in [0.15, 0.2) is 54.7 Å². The lowest BCUT2D eigenvalue weighted by Crippen LogP contribution is -2.23. The van der Waals surface area contributed by atoms with Gasteiger partial charge in [0.05, 0.1) is 21.7 Å². The molecule has 1 aliphatic carbocycles. The average molecular weight is 378 g/mol. The van der Waals surface area contributed by atoms with Crippen molar-refractivity contribution in [2.24, 2.45) is 5.92 Å². The SMILES string of the molecule is C=C1C=CC=CC1C(Cl)c1ccc2nc(N)n(S(=O)(=O)C(C)C)c2c1. The molecule has 132 valence electrons. The van der Waals surface area contributed by atoms with Gasteiger partial charge in [-0.1, -0.05) is 36.9 Å². The fourth-order valence-corrected chi connectivity index (χ4v) is 4.36. The molecule has 1 aliphatic rings. The number of halogens is 1. The molecular formula is C18H20ClN3O2S. The van der Waals surface area contributed by atoms with E-state index in [2.05, 4.69) is 11.6 Å². The van der Waals surface area contributed by atoms with Gasteiger partial charge in [0.15, 0.2) is 0 Å². The van der Waals surface area contributed by atoms with Gasteiger partial charge in [0.25, 0.3) is 0 Å². The van der Waals surface area contributed by atoms with Crippen LogP contribution in [0, 0.1) is 5.92 Å². The molecule has 2 aromatic rings. The molecule has 0 saturated carbocycles. The van der Waals surface area contributed by atoms with Crippen molar-refractivity contribution in [3.05, 3.63) is 60.2 Å². The van der Waals surface area contributed by atoms with E-state index in [0.717, 1.165) is 15.1 Å². The van der Waals surface area contributed by atoms with Gasteiger partial charge >= 0.3 is 0 Å². The van der Waals surface area contributed by atoms with Crippen LogP contribution in [-0.2, 0) is 10.0 Å². The molecule has 1 aromatic carbocycles. The minimum absolute atomic E-state index is 0.0446. The van der Waals surface area contributed by atoms with Crippen molar-refractivity contribution in [2.75, 3.05) is 5.73 Å². The van der Waals surface area contributed by atoms with Crippen LogP contribution in [-0.4, -0.2) is 22.6 Å². The van der Waals surface area contributed by atoms with E-state index in [-0.39, 0.29) is 17.2 Å². The second-order valence-corrected chi connectivity index (χ2v) is 9.13. The van der Waals surface area contributed by atoms with E-state index in [1.807, 2.05) is 30.4 Å². The first-order valence-electron chi connectivity index (χ1n) is 7.93. The molecule has 0 spiro atoms. The van der Waals surface area contributed by atoms with Gasteiger partial charge in [0.1, 0.15) is 0 Å². The lowest BCUT2D eigenvalue weighted by molar-refractivity contribution is 0.580. The second-order valence-electron chi connectivity index (χ2n) is 6.32. The number of nitrogens with two attached hydrogens (primary N) is 1. The number of allylic oxidation sites excluding steroid dienone is 5. The summed E-state index contributed by atoms with van der Waals surface area (Å²) < 4.78 is 26.4. The monoisotopic (exact) mass is 377 g/mol. The molecule has 1 heterocycles. The predicted octanol–water partition coefficient (Wildman–Crippen LogP) is 3.78. The first-order chi connectivity index (χ1) is 11.7. The number of rotatable bonds is 4. The van der Waals surface area contributed by atoms with Gasteiger partial charge in [0, 0.05) is 5.92 Å². The Hall–Kier alpha value is -2.05. The Labute approximate surface area is 152 Å². The van der Waals surface area contributed by atoms with Crippen molar-refractivity contribution in [1.29, 1.82) is 0 Å². The fourth-order valence-electron chi connectivity index (χ4n) is 2.83. The van der Waals surface area contributed by atoms with Crippen molar-refractivity contribution in [3.8, 4) is 0 Å². The molecular weight excluding hydrogens is 358 g/mol. The summed E-state index contributed by atoms with van der Waals surface area (Å²) >= 11 is 6.66. The molecule has 0 saturated heterocycles. The highest BCUT2D eigenvalue weighted by Crippen LogP contribution is 2.37. The second kappa shape index (κ2) is 6.35. The minimum Gasteiger partial charge on any atom is -0.368 e. The van der Waals surface area contributed by atoms with Crippen LogP contribution in [0.3, 0.4) is 0 Å². The third-order valence-corrected chi connectivity index (χ3v) is 6.92. The Bertz CT molecular complexity index is 1000. The van der Waals surface area contributed by atoms with Crippen LogP contribution < -0.4 is 5.73 Å². The van der Waals surface area contributed by atoms with Gasteiger partial charge in [-0.15, -0.1) is 11.6 Å². The van der Waals surface area contributed by atoms with Crippen molar-refractivity contribution < 1.29 is 8.42 Å². The standard InChI is InChI=1S/C18H20ClN3O2S/c1-11(2)25(23,24)22-16-10-13(8-9-15(16)21-18(22)20)17(19)14-7-5-4-6-12(14)3/h4-11,14,17H,3H2,1-2H3,(H2,20,21). The quantitative estimate of drug-likeness (QED) is 0.822. The maximum atomic E-state index is 12.6. The van der Waals surface area contributed by atoms with Gasteiger partial charge in [-0.25, -0.2) is 17.4 Å². The zero-order chi connectivity index (χ0) is 18.4. The summed E-state index contributed by atoms with van der Waals surface area (Å²) in [6.07, 6.45) is 7.75. The highest BCUT2D eigenvalue weighted by Gasteiger charge is 2.26. The third-order valence-electron chi connectivity index (χ3n) is 4.31. The van der Waals surface area contributed by atoms with Crippen molar-refractivity contribution in [2.45, 2.75) is 24.5 Å². The summed E-state index contributed by atoms with van der Waals surface area (Å²) in [6, 6.07) is 5.34. The molecule has 25 heavy (non-hydrogen) atoms. The summed E-state index contributed by atoms with van der Waals surface area (Å²) in [5, 5.41) is -0.988. The number of alkyl halides is 1. The van der Waals surface area contributed by atoms with Gasteiger partial charge in [0.2, 0.25) is 16.0 Å². The molecule has 0 fully saturated rings. The molecule has 2 unspecified atom stereocenters. The largest absolute Gasteiger partial charge is 0.368 e. The van der Waals surface area contributed by atoms with Gasteiger partial charge in [-0.3, -0.25) is 0 Å². The third kappa shape index (κ3) is 3.00. The van der Waals surface area contributed by atoms with Crippen LogP contribution in [0.25, 0.3) is 11.0 Å². The first-order valence-corrected chi connectivity index (χ1v) is 9.87. The lowest BCUT2D eigenvalue weighted by Gasteiger charge is -2.22. The fraction of sp³-hybridized carbons (Fsp3) is 0.278. The minimum atomic E-state index is -3.63. The van der Waals surface area contributed by atoms with E-state index in [1.165, 1.54) is 0 Å². The number of imidazole rings is 1. The molecule has 0 bridgehead atoms. The van der Waals surface area contributed by atoms with Crippen molar-refractivity contribution >= 4 is 38.6 Å². The summed E-state index contributed by atoms with van der Waals surface area (Å²) in [5.74, 6) is -0.101. The number of hydrogen-bond donors (Lipinski definition) is 1. The zero-order valence-corrected chi connectivity index (χ0v) is 15.6. The number of fused-ring (bicyclic) bond motifs is 1. The van der Waals surface area contributed by atoms with E-state index in [9.17, 15) is 8.42 Å². The van der Waals surface area contributed by atoms with Crippen molar-refractivity contribution in [3.63, 3.8) is 0 Å². The number of aromatic nitrogens is 2. The summed E-state index contributed by atoms with van der Waals surface area (Å²) in [6.45, 7) is 7.25. The Morgan fingerprint density at radius 1 is 1.32 bits per heavy atom. The topological polar surface area (TPSA) is 78.0 Å². The Morgan fingerprint density at radius 2 is 2.04 bits per heavy atom. The molecule has 7 heteroatoms. The maximum absolute atomic E-state index is 12.6. The number of hydrogen-bond acceptors (Lipinski definition) is 4. The summed E-state index contributed by atoms with van der Waals surface area (Å²) in [7, 11) is -3.63. The Kier molecular flexibility index (Phi) is 4.51. The molecule has 0 radical (unpaired) electrons. The van der Waals surface area contributed by atoms with Gasteiger partial charge < -0.3 is 5.73 Å². The Morgan fingerprint density at radius 3 is 2.68 bits per heavy atom. The molecule has 1 aromatic heterocycles. The van der Waals surface area contributed by atoms with Crippen LogP contribution in [0.4, 0.5) is 5.95 Å². The highest BCUT2D eigenvalue weighted by atomic mass is 35.5. The van der Waals surface area contributed by atoms with E-state index in [0.29, 0.717) is 11.0 Å². The summed E-state index contributed by atoms with van der Waals surface area (Å²) in [5.41, 5.74) is 8.53. The molecule has 5 nitrogen and oxygen atoms in total. The maximum Gasteiger partial charge on any atom is 0.244 e. The van der Waals surface area contributed by atoms with Gasteiger partial charge in [-0.05, 0) is 37.1 Å². The van der Waals surface area contributed by atoms with Crippen LogP contribution in [0.1, 0.15) is 24.8 Å². The molecule has 3 rings (SSSR count). The molecule has 0 aliphatic heterocycles. The first kappa shape index (κ1) is 17.8. The Balaban J connectivity index is 2.13. The van der Waals surface area contributed by atoms with Crippen LogP contribution in [0.5, 0.6) is 0 Å². The number of nitrogens with zero attached hydrogens (tertiary/aromatic N) is 2. The normalized spacial score (nSPS) is 19.0. The zero-order valence-electron chi connectivity index (χ0n) is 14.1. The van der Waals surface area contributed by atoms with E-state index in [1.54, 1.807) is 26.0 Å². The number of nitrogen functional groups attached to an aromatic ring is 1. The van der Waals surface area contributed by atoms with E-state index < -0.39 is 15.3 Å². The van der Waals surface area contributed by atoms with E-state index in [4.69, 9.17) is 17.3 Å². The van der Waals surface area contributed by atoms with Crippen LogP contribution >= 0.6 is 11.6 Å². The van der Waals surface area contributed by atoms with Crippen LogP contribution in [0.2, 0.25) is 0 Å². The van der Waals surface area contributed by atoms with E-state index >= 15 is 0 Å². The number of anilines is 1. The smallest absolute Gasteiger partial charge is 0.244 e. The number of benzene rings is 1.